The summed E-state index contributed by atoms with van der Waals surface area (Å²) in [5.74, 6) is -3.59. The van der Waals surface area contributed by atoms with Gasteiger partial charge in [-0.1, -0.05) is 6.92 Å². The number of Topliss-reactive ketones (excluding diaryl/α,β-unsaturated/α-hetero) is 1. The molecule has 2 fully saturated rings. The summed E-state index contributed by atoms with van der Waals surface area (Å²) in [6.07, 6.45) is -3.00. The Bertz CT molecular complexity index is 993. The van der Waals surface area contributed by atoms with Crippen LogP contribution in [-0.2, 0) is 47.7 Å². The second-order valence-corrected chi connectivity index (χ2v) is 9.28. The molecule has 1 saturated heterocycles. The highest BCUT2D eigenvalue weighted by molar-refractivity contribution is 5.94. The lowest BCUT2D eigenvalue weighted by Gasteiger charge is -2.28. The minimum atomic E-state index is -1.14. The molecule has 3 aliphatic rings. The number of hydrogen-bond acceptors (Lipinski definition) is 11. The number of aliphatic hydroxyl groups is 1. The molecule has 0 bridgehead atoms. The molecule has 1 N–H and O–H groups in total. The Balaban J connectivity index is 1.98. The summed E-state index contributed by atoms with van der Waals surface area (Å²) in [6, 6.07) is 0. The first-order valence-electron chi connectivity index (χ1n) is 11.3. The third kappa shape index (κ3) is 5.96. The van der Waals surface area contributed by atoms with Crippen LogP contribution in [0.15, 0.2) is 22.8 Å². The lowest BCUT2D eigenvalue weighted by atomic mass is 9.82. The summed E-state index contributed by atoms with van der Waals surface area (Å²) in [5, 5.41) is 10.6. The summed E-state index contributed by atoms with van der Waals surface area (Å²) in [5.41, 5.74) is -0.497. The molecule has 0 radical (unpaired) electrons. The number of carbonyl (C=O) groups is 5. The molecule has 192 valence electrons. The molecule has 11 heteroatoms. The summed E-state index contributed by atoms with van der Waals surface area (Å²) in [6.45, 7) is 6.71. The van der Waals surface area contributed by atoms with Crippen LogP contribution >= 0.6 is 0 Å². The van der Waals surface area contributed by atoms with Crippen molar-refractivity contribution in [3.05, 3.63) is 22.8 Å². The molecule has 2 aliphatic heterocycles. The molecular formula is C24H30O11. The quantitative estimate of drug-likeness (QED) is 0.240. The normalized spacial score (nSPS) is 32.7. The van der Waals surface area contributed by atoms with Crippen LogP contribution in [0.3, 0.4) is 0 Å². The van der Waals surface area contributed by atoms with E-state index < -0.39 is 66.4 Å². The maximum atomic E-state index is 12.8. The van der Waals surface area contributed by atoms with Crippen LogP contribution < -0.4 is 0 Å². The fourth-order valence-corrected chi connectivity index (χ4v) is 4.25. The molecule has 35 heavy (non-hydrogen) atoms. The largest absolute Gasteiger partial charge is 0.461 e. The first kappa shape index (κ1) is 26.6. The number of esters is 4. The molecule has 0 aromatic carbocycles. The van der Waals surface area contributed by atoms with Crippen LogP contribution in [0.25, 0.3) is 0 Å². The van der Waals surface area contributed by atoms with E-state index in [0.717, 1.165) is 6.08 Å². The van der Waals surface area contributed by atoms with E-state index in [1.54, 1.807) is 20.8 Å². The van der Waals surface area contributed by atoms with Crippen molar-refractivity contribution in [2.24, 2.45) is 5.92 Å². The van der Waals surface area contributed by atoms with Gasteiger partial charge in [0.15, 0.2) is 6.10 Å². The van der Waals surface area contributed by atoms with Crippen LogP contribution in [0, 0.1) is 5.92 Å². The number of carbonyl (C=O) groups excluding carboxylic acids is 5. The summed E-state index contributed by atoms with van der Waals surface area (Å²) in [4.78, 5) is 60.7. The maximum absolute atomic E-state index is 12.8. The van der Waals surface area contributed by atoms with E-state index in [0.29, 0.717) is 5.57 Å². The number of ketones is 1. The minimum absolute atomic E-state index is 0.00354. The average molecular weight is 494 g/mol. The SMILES string of the molecule is CC(=O)OCC(C)=CC(=O)OC1CC(C)C(=O)CC(O)C2(C)OC2C2OC(=O)C(COC(C)=O)=C12. The highest BCUT2D eigenvalue weighted by atomic mass is 16.7. The Kier molecular flexibility index (Phi) is 7.80. The number of rotatable bonds is 6. The van der Waals surface area contributed by atoms with Gasteiger partial charge in [0.25, 0.3) is 0 Å². The van der Waals surface area contributed by atoms with Gasteiger partial charge in [0.1, 0.15) is 36.8 Å². The molecular weight excluding hydrogens is 464 g/mol. The number of aliphatic hydroxyl groups excluding tert-OH is 1. The predicted molar refractivity (Wildman–Crippen MR) is 116 cm³/mol. The van der Waals surface area contributed by atoms with E-state index in [9.17, 15) is 29.1 Å². The molecule has 0 spiro atoms. The number of fused-ring (bicyclic) bond motifs is 3. The second-order valence-electron chi connectivity index (χ2n) is 9.28. The van der Waals surface area contributed by atoms with Gasteiger partial charge >= 0.3 is 23.9 Å². The van der Waals surface area contributed by atoms with Crippen LogP contribution in [-0.4, -0.2) is 78.0 Å². The molecule has 1 aliphatic carbocycles. The zero-order chi connectivity index (χ0) is 26.1. The molecule has 0 aromatic rings. The van der Waals surface area contributed by atoms with Crippen molar-refractivity contribution in [2.45, 2.75) is 77.5 Å². The second kappa shape index (κ2) is 10.3. The summed E-state index contributed by atoms with van der Waals surface area (Å²) < 4.78 is 26.8. The Morgan fingerprint density at radius 1 is 1.14 bits per heavy atom. The summed E-state index contributed by atoms with van der Waals surface area (Å²) >= 11 is 0. The van der Waals surface area contributed by atoms with Crippen molar-refractivity contribution in [2.75, 3.05) is 13.2 Å². The number of hydrogen-bond donors (Lipinski definition) is 1. The van der Waals surface area contributed by atoms with Gasteiger partial charge in [-0.3, -0.25) is 14.4 Å². The predicted octanol–water partition coefficient (Wildman–Crippen LogP) is 0.710. The molecule has 6 unspecified atom stereocenters. The van der Waals surface area contributed by atoms with Crippen molar-refractivity contribution >= 4 is 29.7 Å². The van der Waals surface area contributed by atoms with Gasteiger partial charge in [0.05, 0.1) is 11.7 Å². The van der Waals surface area contributed by atoms with E-state index in [4.69, 9.17) is 23.7 Å². The third-order valence-corrected chi connectivity index (χ3v) is 6.36. The van der Waals surface area contributed by atoms with Gasteiger partial charge in [0, 0.05) is 37.8 Å². The lowest BCUT2D eigenvalue weighted by molar-refractivity contribution is -0.145. The fourth-order valence-electron chi connectivity index (χ4n) is 4.25. The topological polar surface area (TPSA) is 155 Å². The van der Waals surface area contributed by atoms with Crippen molar-refractivity contribution in [3.63, 3.8) is 0 Å². The van der Waals surface area contributed by atoms with Gasteiger partial charge in [-0.2, -0.15) is 0 Å². The highest BCUT2D eigenvalue weighted by Gasteiger charge is 2.65. The van der Waals surface area contributed by atoms with E-state index in [-0.39, 0.29) is 36.4 Å². The highest BCUT2D eigenvalue weighted by Crippen LogP contribution is 2.49. The van der Waals surface area contributed by atoms with Gasteiger partial charge in [-0.25, -0.2) is 9.59 Å². The smallest absolute Gasteiger partial charge is 0.338 e. The van der Waals surface area contributed by atoms with E-state index in [1.165, 1.54) is 13.8 Å². The van der Waals surface area contributed by atoms with Crippen molar-refractivity contribution in [3.8, 4) is 0 Å². The van der Waals surface area contributed by atoms with E-state index in [2.05, 4.69) is 0 Å². The van der Waals surface area contributed by atoms with Crippen LogP contribution in [0.4, 0.5) is 0 Å². The summed E-state index contributed by atoms with van der Waals surface area (Å²) in [7, 11) is 0. The first-order chi connectivity index (χ1) is 16.3. The van der Waals surface area contributed by atoms with Crippen molar-refractivity contribution in [1.82, 2.24) is 0 Å². The molecule has 2 heterocycles. The molecule has 3 rings (SSSR count). The molecule has 0 aromatic heterocycles. The Labute approximate surface area is 202 Å². The Morgan fingerprint density at radius 2 is 1.80 bits per heavy atom. The van der Waals surface area contributed by atoms with Gasteiger partial charge in [-0.05, 0) is 25.8 Å². The minimum Gasteiger partial charge on any atom is -0.461 e. The zero-order valence-electron chi connectivity index (χ0n) is 20.3. The van der Waals surface area contributed by atoms with Gasteiger partial charge < -0.3 is 28.8 Å². The third-order valence-electron chi connectivity index (χ3n) is 6.36. The molecule has 0 amide bonds. The Hall–Kier alpha value is -3.05. The van der Waals surface area contributed by atoms with Crippen molar-refractivity contribution < 1.29 is 52.8 Å². The van der Waals surface area contributed by atoms with Crippen molar-refractivity contribution in [1.29, 1.82) is 0 Å². The standard InChI is InChI=1S/C24H30O11/c1-11(9-31-13(3)25)6-19(29)33-17-7-12(2)16(27)8-18(28)24(5)22(35-24)21-20(17)15(23(30)34-21)10-32-14(4)26/h6,12,17-18,21-22,28H,7-10H2,1-5H3. The van der Waals surface area contributed by atoms with Crippen LogP contribution in [0.2, 0.25) is 0 Å². The number of ether oxygens (including phenoxy) is 5. The maximum Gasteiger partial charge on any atom is 0.338 e. The molecule has 11 nitrogen and oxygen atoms in total. The first-order valence-corrected chi connectivity index (χ1v) is 11.3. The van der Waals surface area contributed by atoms with E-state index in [1.807, 2.05) is 0 Å². The fraction of sp³-hybridized carbons (Fsp3) is 0.625. The van der Waals surface area contributed by atoms with Crippen LogP contribution in [0.1, 0.15) is 47.5 Å². The monoisotopic (exact) mass is 494 g/mol. The van der Waals surface area contributed by atoms with Gasteiger partial charge in [0.2, 0.25) is 0 Å². The molecule has 6 atom stereocenters. The lowest BCUT2D eigenvalue weighted by Crippen LogP contribution is -2.41. The van der Waals surface area contributed by atoms with E-state index >= 15 is 0 Å². The Morgan fingerprint density at radius 3 is 2.43 bits per heavy atom. The van der Waals surface area contributed by atoms with Gasteiger partial charge in [-0.15, -0.1) is 0 Å². The molecule has 1 saturated carbocycles. The average Bonchev–Trinajstić information content (AvgIpc) is 3.34. The van der Waals surface area contributed by atoms with Crippen LogP contribution in [0.5, 0.6) is 0 Å². The zero-order valence-corrected chi connectivity index (χ0v) is 20.3. The number of epoxide rings is 1.